The predicted octanol–water partition coefficient (Wildman–Crippen LogP) is 2.84. The van der Waals surface area contributed by atoms with Crippen LogP contribution in [-0.2, 0) is 0 Å². The number of hydrogen-bond acceptors (Lipinski definition) is 2. The summed E-state index contributed by atoms with van der Waals surface area (Å²) in [6.45, 7) is 7.93. The highest BCUT2D eigenvalue weighted by atomic mass is 15.1. The Kier molecular flexibility index (Phi) is 3.08. The molecule has 0 aliphatic carbocycles. The van der Waals surface area contributed by atoms with E-state index in [2.05, 4.69) is 46.5 Å². The quantitative estimate of drug-likeness (QED) is 0.808. The second kappa shape index (κ2) is 4.73. The van der Waals surface area contributed by atoms with Crippen LogP contribution in [0, 0.1) is 6.92 Å². The van der Waals surface area contributed by atoms with Crippen molar-refractivity contribution in [3.63, 3.8) is 0 Å². The monoisotopic (exact) mass is 243 g/mol. The fourth-order valence-electron chi connectivity index (χ4n) is 2.99. The van der Waals surface area contributed by atoms with E-state index in [0.717, 1.165) is 13.1 Å². The maximum absolute atomic E-state index is 4.67. The van der Waals surface area contributed by atoms with Crippen LogP contribution in [0.4, 0.5) is 0 Å². The van der Waals surface area contributed by atoms with Gasteiger partial charge in [0, 0.05) is 18.7 Å². The van der Waals surface area contributed by atoms with Gasteiger partial charge in [0.05, 0.1) is 11.7 Å². The van der Waals surface area contributed by atoms with Crippen LogP contribution >= 0.6 is 0 Å². The van der Waals surface area contributed by atoms with Gasteiger partial charge in [-0.1, -0.05) is 6.92 Å². The molecule has 0 bridgehead atoms. The minimum Gasteiger partial charge on any atom is -0.303 e. The molecule has 0 aromatic carbocycles. The van der Waals surface area contributed by atoms with E-state index >= 15 is 0 Å². The predicted molar refractivity (Wildman–Crippen MR) is 74.0 cm³/mol. The van der Waals surface area contributed by atoms with Gasteiger partial charge >= 0.3 is 0 Å². The van der Waals surface area contributed by atoms with Gasteiger partial charge in [0.2, 0.25) is 0 Å². The second-order valence-corrected chi connectivity index (χ2v) is 5.35. The van der Waals surface area contributed by atoms with Crippen molar-refractivity contribution >= 4 is 5.52 Å². The van der Waals surface area contributed by atoms with Gasteiger partial charge in [-0.2, -0.15) is 0 Å². The lowest BCUT2D eigenvalue weighted by Crippen LogP contribution is -2.34. The third-order valence-electron chi connectivity index (χ3n) is 4.03. The van der Waals surface area contributed by atoms with E-state index in [1.165, 1.54) is 36.3 Å². The summed E-state index contributed by atoms with van der Waals surface area (Å²) in [6, 6.07) is 4.37. The maximum atomic E-state index is 4.67. The summed E-state index contributed by atoms with van der Waals surface area (Å²) in [5.74, 6) is 1.83. The zero-order valence-electron chi connectivity index (χ0n) is 11.3. The Labute approximate surface area is 108 Å². The molecule has 3 nitrogen and oxygen atoms in total. The zero-order chi connectivity index (χ0) is 12.5. The summed E-state index contributed by atoms with van der Waals surface area (Å²) in [6.07, 6.45) is 6.73. The summed E-state index contributed by atoms with van der Waals surface area (Å²) in [7, 11) is 0. The lowest BCUT2D eigenvalue weighted by atomic mass is 9.97. The van der Waals surface area contributed by atoms with Crippen molar-refractivity contribution in [1.82, 2.24) is 14.3 Å². The highest BCUT2D eigenvalue weighted by molar-refractivity contribution is 5.48. The lowest BCUT2D eigenvalue weighted by molar-refractivity contribution is 0.213. The minimum absolute atomic E-state index is 0.587. The Morgan fingerprint density at radius 2 is 2.33 bits per heavy atom. The summed E-state index contributed by atoms with van der Waals surface area (Å²) in [5, 5.41) is 0. The van der Waals surface area contributed by atoms with E-state index < -0.39 is 0 Å². The molecule has 18 heavy (non-hydrogen) atoms. The number of hydrogen-bond donors (Lipinski definition) is 0. The molecule has 0 amide bonds. The Morgan fingerprint density at radius 3 is 3.17 bits per heavy atom. The second-order valence-electron chi connectivity index (χ2n) is 5.35. The van der Waals surface area contributed by atoms with Crippen molar-refractivity contribution < 1.29 is 0 Å². The molecule has 0 radical (unpaired) electrons. The normalized spacial score (nSPS) is 21.6. The number of rotatable bonds is 2. The summed E-state index contributed by atoms with van der Waals surface area (Å²) < 4.78 is 2.26. The van der Waals surface area contributed by atoms with E-state index in [9.17, 15) is 0 Å². The van der Waals surface area contributed by atoms with Crippen LogP contribution in [0.5, 0.6) is 0 Å². The molecule has 0 spiro atoms. The summed E-state index contributed by atoms with van der Waals surface area (Å²) >= 11 is 0. The van der Waals surface area contributed by atoms with Gasteiger partial charge in [-0.15, -0.1) is 0 Å². The third-order valence-corrected chi connectivity index (χ3v) is 4.03. The topological polar surface area (TPSA) is 20.5 Å². The highest BCUT2D eigenvalue weighted by Gasteiger charge is 2.23. The molecule has 1 aliphatic heterocycles. The first-order valence-corrected chi connectivity index (χ1v) is 6.94. The van der Waals surface area contributed by atoms with Crippen LogP contribution in [-0.4, -0.2) is 33.9 Å². The van der Waals surface area contributed by atoms with E-state index in [1.807, 2.05) is 6.20 Å². The molecule has 1 saturated heterocycles. The molecular formula is C15H21N3. The average Bonchev–Trinajstić information content (AvgIpc) is 2.81. The van der Waals surface area contributed by atoms with E-state index in [0.29, 0.717) is 5.92 Å². The lowest BCUT2D eigenvalue weighted by Gasteiger charge is -2.31. The number of piperidine rings is 1. The Morgan fingerprint density at radius 1 is 1.44 bits per heavy atom. The minimum atomic E-state index is 0.587. The number of likely N-dealkylation sites (N-methyl/N-ethyl adjacent to an activating group) is 1. The molecule has 1 aliphatic rings. The highest BCUT2D eigenvalue weighted by Crippen LogP contribution is 2.26. The van der Waals surface area contributed by atoms with Gasteiger partial charge in [-0.3, -0.25) is 0 Å². The van der Waals surface area contributed by atoms with Crippen LogP contribution < -0.4 is 0 Å². The number of fused-ring (bicyclic) bond motifs is 1. The van der Waals surface area contributed by atoms with Crippen molar-refractivity contribution in [2.75, 3.05) is 19.6 Å². The smallest absolute Gasteiger partial charge is 0.117 e. The van der Waals surface area contributed by atoms with Crippen LogP contribution in [0.15, 0.2) is 24.5 Å². The Balaban J connectivity index is 1.94. The Hall–Kier alpha value is -1.35. The van der Waals surface area contributed by atoms with Crippen LogP contribution in [0.3, 0.4) is 0 Å². The maximum Gasteiger partial charge on any atom is 0.117 e. The van der Waals surface area contributed by atoms with Crippen molar-refractivity contribution in [1.29, 1.82) is 0 Å². The van der Waals surface area contributed by atoms with Gasteiger partial charge in [-0.25, -0.2) is 4.98 Å². The fraction of sp³-hybridized carbons (Fsp3) is 0.533. The summed E-state index contributed by atoms with van der Waals surface area (Å²) in [4.78, 5) is 7.20. The van der Waals surface area contributed by atoms with Crippen LogP contribution in [0.2, 0.25) is 0 Å². The van der Waals surface area contributed by atoms with E-state index in [4.69, 9.17) is 0 Å². The molecule has 3 heterocycles. The number of imidazole rings is 1. The first kappa shape index (κ1) is 11.7. The van der Waals surface area contributed by atoms with E-state index in [-0.39, 0.29) is 0 Å². The largest absolute Gasteiger partial charge is 0.303 e. The number of likely N-dealkylation sites (tertiary alicyclic amines) is 1. The van der Waals surface area contributed by atoms with Crippen molar-refractivity contribution in [3.8, 4) is 0 Å². The first-order valence-electron chi connectivity index (χ1n) is 6.94. The molecule has 0 N–H and O–H groups in total. The fourth-order valence-corrected chi connectivity index (χ4v) is 2.99. The first-order chi connectivity index (χ1) is 8.78. The van der Waals surface area contributed by atoms with Gasteiger partial charge in [0.25, 0.3) is 0 Å². The van der Waals surface area contributed by atoms with Crippen molar-refractivity contribution in [2.24, 2.45) is 0 Å². The molecule has 3 heteroatoms. The molecule has 96 valence electrons. The number of pyridine rings is 1. The average molecular weight is 243 g/mol. The Bertz CT molecular complexity index is 544. The molecule has 2 aromatic rings. The molecular weight excluding hydrogens is 222 g/mol. The third kappa shape index (κ3) is 2.03. The zero-order valence-corrected chi connectivity index (χ0v) is 11.3. The molecule has 0 saturated carbocycles. The van der Waals surface area contributed by atoms with Gasteiger partial charge in [-0.05, 0) is 50.6 Å². The molecule has 1 unspecified atom stereocenters. The van der Waals surface area contributed by atoms with Gasteiger partial charge in [0.1, 0.15) is 5.82 Å². The van der Waals surface area contributed by atoms with Crippen molar-refractivity contribution in [2.45, 2.75) is 32.6 Å². The van der Waals surface area contributed by atoms with E-state index in [1.54, 1.807) is 0 Å². The molecule has 3 rings (SSSR count). The molecule has 2 aromatic heterocycles. The van der Waals surface area contributed by atoms with Gasteiger partial charge in [0.15, 0.2) is 0 Å². The van der Waals surface area contributed by atoms with Crippen LogP contribution in [0.25, 0.3) is 5.52 Å². The number of aromatic nitrogens is 2. The SMILES string of the molecule is CCN1CCCC(c2ncc3cc(C)ccn23)C1. The summed E-state index contributed by atoms with van der Waals surface area (Å²) in [5.41, 5.74) is 2.52. The number of aryl methyl sites for hydroxylation is 1. The standard InChI is InChI=1S/C15H21N3/c1-3-17-7-4-5-13(11-17)15-16-10-14-9-12(2)6-8-18(14)15/h6,8-10,13H,3-5,7,11H2,1-2H3. The molecule has 1 atom stereocenters. The van der Waals surface area contributed by atoms with Crippen LogP contribution in [0.1, 0.15) is 37.1 Å². The van der Waals surface area contributed by atoms with Gasteiger partial charge < -0.3 is 9.30 Å². The van der Waals surface area contributed by atoms with Crippen molar-refractivity contribution in [3.05, 3.63) is 35.9 Å². The number of nitrogens with zero attached hydrogens (tertiary/aromatic N) is 3. The molecule has 1 fully saturated rings.